The van der Waals surface area contributed by atoms with Gasteiger partial charge < -0.3 is 5.32 Å². The van der Waals surface area contributed by atoms with E-state index in [2.05, 4.69) is 5.32 Å². The van der Waals surface area contributed by atoms with Gasteiger partial charge in [-0.15, -0.1) is 0 Å². The molecule has 3 rings (SSSR count). The lowest BCUT2D eigenvalue weighted by molar-refractivity contribution is 0.0952. The number of carbonyl (C=O) groups excluding carboxylic acids is 1. The van der Waals surface area contributed by atoms with Gasteiger partial charge in [-0.25, -0.2) is 8.42 Å². The minimum atomic E-state index is -3.04. The van der Waals surface area contributed by atoms with E-state index in [1.54, 1.807) is 12.1 Å². The lowest BCUT2D eigenvalue weighted by Crippen LogP contribution is -2.23. The molecule has 0 heterocycles. The van der Waals surface area contributed by atoms with Crippen molar-refractivity contribution in [2.45, 2.75) is 12.3 Å². The van der Waals surface area contributed by atoms with Crippen LogP contribution >= 0.6 is 0 Å². The van der Waals surface area contributed by atoms with Crippen LogP contribution < -0.4 is 5.32 Å². The highest BCUT2D eigenvalue weighted by Crippen LogP contribution is 2.18. The maximum Gasteiger partial charge on any atom is 0.252 e. The molecular formula is C20H19NO3S. The number of fused-ring (bicyclic) bond motifs is 1. The Morgan fingerprint density at radius 2 is 1.52 bits per heavy atom. The fourth-order valence-corrected chi connectivity index (χ4v) is 3.56. The summed E-state index contributed by atoms with van der Waals surface area (Å²) in [5.41, 5.74) is 2.31. The minimum Gasteiger partial charge on any atom is -0.348 e. The third-order valence-electron chi connectivity index (χ3n) is 3.94. The number of carbonyl (C=O) groups is 1. The Balaban J connectivity index is 1.70. The maximum absolute atomic E-state index is 12.5. The molecule has 1 amide bonds. The quantitative estimate of drug-likeness (QED) is 0.765. The Bertz CT molecular complexity index is 1000. The van der Waals surface area contributed by atoms with Crippen molar-refractivity contribution >= 4 is 26.5 Å². The van der Waals surface area contributed by atoms with Crippen LogP contribution in [0, 0.1) is 0 Å². The second-order valence-electron chi connectivity index (χ2n) is 6.10. The molecule has 0 atom stereocenters. The lowest BCUT2D eigenvalue weighted by Gasteiger charge is -2.09. The number of rotatable bonds is 5. The number of benzene rings is 3. The monoisotopic (exact) mass is 353 g/mol. The highest BCUT2D eigenvalue weighted by Gasteiger charge is 2.09. The van der Waals surface area contributed by atoms with E-state index in [-0.39, 0.29) is 11.7 Å². The molecule has 5 heteroatoms. The molecule has 0 saturated heterocycles. The number of nitrogens with one attached hydrogen (secondary N) is 1. The molecular weight excluding hydrogens is 334 g/mol. The normalized spacial score (nSPS) is 11.4. The Labute approximate surface area is 147 Å². The zero-order valence-electron chi connectivity index (χ0n) is 13.9. The van der Waals surface area contributed by atoms with Gasteiger partial charge in [-0.3, -0.25) is 4.79 Å². The highest BCUT2D eigenvalue weighted by molar-refractivity contribution is 7.89. The fourth-order valence-electron chi connectivity index (χ4n) is 2.76. The van der Waals surface area contributed by atoms with Crippen LogP contribution in [-0.2, 0) is 22.1 Å². The summed E-state index contributed by atoms with van der Waals surface area (Å²) < 4.78 is 22.6. The first-order chi connectivity index (χ1) is 11.9. The molecule has 0 spiro atoms. The van der Waals surface area contributed by atoms with Gasteiger partial charge in [-0.05, 0) is 28.0 Å². The third-order valence-corrected chi connectivity index (χ3v) is 4.80. The molecule has 0 radical (unpaired) electrons. The van der Waals surface area contributed by atoms with Gasteiger partial charge in [0.15, 0.2) is 9.84 Å². The van der Waals surface area contributed by atoms with Gasteiger partial charge in [0.25, 0.3) is 5.91 Å². The van der Waals surface area contributed by atoms with Gasteiger partial charge in [0.2, 0.25) is 0 Å². The van der Waals surface area contributed by atoms with Crippen LogP contribution in [0.1, 0.15) is 21.5 Å². The smallest absolute Gasteiger partial charge is 0.252 e. The van der Waals surface area contributed by atoms with Crippen LogP contribution in [0.15, 0.2) is 66.7 Å². The molecule has 0 fully saturated rings. The average Bonchev–Trinajstić information content (AvgIpc) is 2.59. The van der Waals surface area contributed by atoms with Crippen LogP contribution in [0.25, 0.3) is 10.8 Å². The molecule has 0 saturated carbocycles. The molecule has 128 valence electrons. The molecule has 0 aliphatic rings. The van der Waals surface area contributed by atoms with E-state index >= 15 is 0 Å². The average molecular weight is 353 g/mol. The van der Waals surface area contributed by atoms with E-state index in [9.17, 15) is 13.2 Å². The molecule has 25 heavy (non-hydrogen) atoms. The van der Waals surface area contributed by atoms with Crippen LogP contribution in [0.4, 0.5) is 0 Å². The van der Waals surface area contributed by atoms with E-state index in [1.807, 2.05) is 54.6 Å². The molecule has 0 bridgehead atoms. The van der Waals surface area contributed by atoms with Crippen molar-refractivity contribution in [3.63, 3.8) is 0 Å². The molecule has 3 aromatic carbocycles. The van der Waals surface area contributed by atoms with Crippen LogP contribution in [0.5, 0.6) is 0 Å². The van der Waals surface area contributed by atoms with Gasteiger partial charge in [-0.1, -0.05) is 60.7 Å². The Hall–Kier alpha value is -2.66. The van der Waals surface area contributed by atoms with E-state index < -0.39 is 9.84 Å². The van der Waals surface area contributed by atoms with E-state index in [1.165, 1.54) is 6.26 Å². The molecule has 0 unspecified atom stereocenters. The van der Waals surface area contributed by atoms with E-state index in [0.717, 1.165) is 21.9 Å². The Kier molecular flexibility index (Phi) is 4.86. The van der Waals surface area contributed by atoms with Gasteiger partial charge in [-0.2, -0.15) is 0 Å². The minimum absolute atomic E-state index is 0.0235. The summed E-state index contributed by atoms with van der Waals surface area (Å²) >= 11 is 0. The van der Waals surface area contributed by atoms with E-state index in [0.29, 0.717) is 12.1 Å². The second-order valence-corrected chi connectivity index (χ2v) is 8.24. The summed E-state index contributed by atoms with van der Waals surface area (Å²) in [7, 11) is -3.04. The zero-order chi connectivity index (χ0) is 17.9. The van der Waals surface area contributed by atoms with Gasteiger partial charge in [0.05, 0.1) is 5.75 Å². The molecule has 0 aromatic heterocycles. The molecule has 0 aliphatic carbocycles. The van der Waals surface area contributed by atoms with Crippen LogP contribution in [0.3, 0.4) is 0 Å². The van der Waals surface area contributed by atoms with Gasteiger partial charge in [0.1, 0.15) is 0 Å². The fraction of sp³-hybridized carbons (Fsp3) is 0.150. The lowest BCUT2D eigenvalue weighted by atomic mass is 10.0. The number of hydrogen-bond acceptors (Lipinski definition) is 3. The number of sulfone groups is 1. The highest BCUT2D eigenvalue weighted by atomic mass is 32.2. The largest absolute Gasteiger partial charge is 0.348 e. The molecule has 0 aliphatic heterocycles. The topological polar surface area (TPSA) is 63.2 Å². The first-order valence-corrected chi connectivity index (χ1v) is 10.00. The standard InChI is InChI=1S/C20H19NO3S/c1-25(23,24)14-16-11-9-15(10-12-16)13-21-20(22)19-8-4-6-17-5-2-3-7-18(17)19/h2-12H,13-14H2,1H3,(H,21,22). The molecule has 3 aromatic rings. The summed E-state index contributed by atoms with van der Waals surface area (Å²) in [5, 5.41) is 4.87. The molecule has 1 N–H and O–H groups in total. The Morgan fingerprint density at radius 1 is 0.880 bits per heavy atom. The Morgan fingerprint density at radius 3 is 2.24 bits per heavy atom. The summed E-state index contributed by atoms with van der Waals surface area (Å²) in [5.74, 6) is -0.104. The SMILES string of the molecule is CS(=O)(=O)Cc1ccc(CNC(=O)c2cccc3ccccc23)cc1. The van der Waals surface area contributed by atoms with Crippen molar-refractivity contribution in [1.82, 2.24) is 5.32 Å². The number of amides is 1. The molecule has 4 nitrogen and oxygen atoms in total. The predicted octanol–water partition coefficient (Wildman–Crippen LogP) is 3.31. The van der Waals surface area contributed by atoms with E-state index in [4.69, 9.17) is 0 Å². The van der Waals surface area contributed by atoms with Gasteiger partial charge >= 0.3 is 0 Å². The summed E-state index contributed by atoms with van der Waals surface area (Å²) in [6.45, 7) is 0.390. The maximum atomic E-state index is 12.5. The zero-order valence-corrected chi connectivity index (χ0v) is 14.7. The first kappa shape index (κ1) is 17.2. The van der Waals surface area contributed by atoms with Crippen molar-refractivity contribution in [1.29, 1.82) is 0 Å². The van der Waals surface area contributed by atoms with Crippen molar-refractivity contribution in [2.24, 2.45) is 0 Å². The van der Waals surface area contributed by atoms with Crippen molar-refractivity contribution in [3.8, 4) is 0 Å². The van der Waals surface area contributed by atoms with Crippen molar-refractivity contribution in [2.75, 3.05) is 6.26 Å². The summed E-state index contributed by atoms with van der Waals surface area (Å²) in [6, 6.07) is 20.7. The summed E-state index contributed by atoms with van der Waals surface area (Å²) in [6.07, 6.45) is 1.21. The first-order valence-electron chi connectivity index (χ1n) is 7.94. The van der Waals surface area contributed by atoms with Crippen molar-refractivity contribution in [3.05, 3.63) is 83.4 Å². The summed E-state index contributed by atoms with van der Waals surface area (Å²) in [4.78, 5) is 12.5. The predicted molar refractivity (Wildman–Crippen MR) is 100 cm³/mol. The second kappa shape index (κ2) is 7.07. The van der Waals surface area contributed by atoms with Crippen LogP contribution in [0.2, 0.25) is 0 Å². The number of hydrogen-bond donors (Lipinski definition) is 1. The van der Waals surface area contributed by atoms with Gasteiger partial charge in [0, 0.05) is 18.4 Å². The third kappa shape index (κ3) is 4.45. The van der Waals surface area contributed by atoms with Crippen LogP contribution in [-0.4, -0.2) is 20.6 Å². The van der Waals surface area contributed by atoms with Crippen molar-refractivity contribution < 1.29 is 13.2 Å².